The number of hydrogen-bond donors (Lipinski definition) is 4. The Bertz CT molecular complexity index is 383. The fourth-order valence-corrected chi connectivity index (χ4v) is 1.32. The number of nitrogens with one attached hydrogen (secondary N) is 2. The lowest BCUT2D eigenvalue weighted by Crippen LogP contribution is -2.40. The summed E-state index contributed by atoms with van der Waals surface area (Å²) < 4.78 is 0. The molecule has 2 amide bonds. The summed E-state index contributed by atoms with van der Waals surface area (Å²) in [7, 11) is 0. The van der Waals surface area contributed by atoms with Crippen LogP contribution < -0.4 is 16.8 Å². The molecule has 1 heterocycles. The highest BCUT2D eigenvalue weighted by molar-refractivity contribution is 5.94. The number of carbonyl (C=O) groups excluding carboxylic acids is 1. The Kier molecular flexibility index (Phi) is 4.31. The maximum atomic E-state index is 10.4. The van der Waals surface area contributed by atoms with Crippen molar-refractivity contribution < 1.29 is 4.79 Å². The van der Waals surface area contributed by atoms with Crippen LogP contribution in [0.25, 0.3) is 0 Å². The van der Waals surface area contributed by atoms with E-state index in [0.717, 1.165) is 17.8 Å². The van der Waals surface area contributed by atoms with Crippen LogP contribution in [0.4, 0.5) is 4.79 Å². The van der Waals surface area contributed by atoms with E-state index in [9.17, 15) is 4.79 Å². The van der Waals surface area contributed by atoms with Crippen molar-refractivity contribution in [3.05, 3.63) is 17.7 Å². The Balaban J connectivity index is 2.43. The Hall–Kier alpha value is -2.05. The van der Waals surface area contributed by atoms with E-state index in [1.165, 1.54) is 0 Å². The molecule has 0 saturated heterocycles. The number of aromatic nitrogens is 2. The van der Waals surface area contributed by atoms with Gasteiger partial charge >= 0.3 is 6.03 Å². The maximum absolute atomic E-state index is 10.4. The van der Waals surface area contributed by atoms with Crippen molar-refractivity contribution in [1.29, 1.82) is 0 Å². The largest absolute Gasteiger partial charge is 0.370 e. The van der Waals surface area contributed by atoms with E-state index in [-0.39, 0.29) is 5.96 Å². The summed E-state index contributed by atoms with van der Waals surface area (Å²) in [6.07, 6.45) is 3.23. The SMILES string of the molecule is CCc1nc[nH]c1CCN=C(N)NC(N)=O. The molecule has 1 rings (SSSR count). The number of aliphatic imine (C=N–C) groups is 1. The number of nitrogens with two attached hydrogens (primary N) is 2. The number of aromatic amines is 1. The molecule has 0 radical (unpaired) electrons. The molecular weight excluding hydrogens is 208 g/mol. The van der Waals surface area contributed by atoms with Crippen LogP contribution in [0.15, 0.2) is 11.3 Å². The number of amides is 2. The van der Waals surface area contributed by atoms with Crippen LogP contribution in [-0.2, 0) is 12.8 Å². The molecule has 0 spiro atoms. The van der Waals surface area contributed by atoms with Crippen molar-refractivity contribution in [2.45, 2.75) is 19.8 Å². The number of primary amides is 1. The van der Waals surface area contributed by atoms with Gasteiger partial charge in [0.25, 0.3) is 0 Å². The van der Waals surface area contributed by atoms with E-state index in [1.54, 1.807) is 6.33 Å². The molecule has 0 aromatic carbocycles. The lowest BCUT2D eigenvalue weighted by molar-refractivity contribution is 0.253. The molecule has 0 aliphatic carbocycles. The second-order valence-corrected chi connectivity index (χ2v) is 3.19. The van der Waals surface area contributed by atoms with Gasteiger partial charge in [0.15, 0.2) is 5.96 Å². The van der Waals surface area contributed by atoms with E-state index >= 15 is 0 Å². The molecule has 0 bridgehead atoms. The van der Waals surface area contributed by atoms with Crippen molar-refractivity contribution >= 4 is 12.0 Å². The Morgan fingerprint density at radius 2 is 2.38 bits per heavy atom. The highest BCUT2D eigenvalue weighted by atomic mass is 16.2. The van der Waals surface area contributed by atoms with Crippen molar-refractivity contribution in [3.63, 3.8) is 0 Å². The van der Waals surface area contributed by atoms with Gasteiger partial charge in [-0.15, -0.1) is 0 Å². The number of rotatable bonds is 4. The molecule has 88 valence electrons. The van der Waals surface area contributed by atoms with E-state index in [0.29, 0.717) is 13.0 Å². The molecule has 16 heavy (non-hydrogen) atoms. The Morgan fingerprint density at radius 1 is 1.62 bits per heavy atom. The minimum atomic E-state index is -0.711. The first-order valence-corrected chi connectivity index (χ1v) is 5.01. The third kappa shape index (κ3) is 3.60. The molecule has 0 saturated carbocycles. The van der Waals surface area contributed by atoms with E-state index < -0.39 is 6.03 Å². The molecule has 6 N–H and O–H groups in total. The quantitative estimate of drug-likeness (QED) is 0.407. The summed E-state index contributed by atoms with van der Waals surface area (Å²) in [5.74, 6) is 0.0325. The highest BCUT2D eigenvalue weighted by Crippen LogP contribution is 2.03. The fourth-order valence-electron chi connectivity index (χ4n) is 1.32. The molecule has 0 unspecified atom stereocenters. The first-order valence-electron chi connectivity index (χ1n) is 5.01. The van der Waals surface area contributed by atoms with Gasteiger partial charge in [0, 0.05) is 18.7 Å². The lowest BCUT2D eigenvalue weighted by atomic mass is 10.2. The molecule has 0 aliphatic heterocycles. The minimum absolute atomic E-state index is 0.0325. The van der Waals surface area contributed by atoms with Crippen LogP contribution in [0.5, 0.6) is 0 Å². The first-order chi connectivity index (χ1) is 7.63. The topological polar surface area (TPSA) is 122 Å². The average Bonchev–Trinajstić information content (AvgIpc) is 2.64. The third-order valence-electron chi connectivity index (χ3n) is 2.04. The van der Waals surface area contributed by atoms with Gasteiger partial charge in [-0.25, -0.2) is 9.78 Å². The zero-order valence-electron chi connectivity index (χ0n) is 9.16. The summed E-state index contributed by atoms with van der Waals surface area (Å²) in [5, 5.41) is 2.19. The van der Waals surface area contributed by atoms with Gasteiger partial charge in [-0.05, 0) is 6.42 Å². The first kappa shape index (κ1) is 12.0. The standard InChI is InChI=1S/C9H16N6O/c1-2-6-7(14-5-13-6)3-4-12-8(10)15-9(11)16/h5H,2-4H2,1H3,(H,13,14)(H5,10,11,12,15,16). The predicted molar refractivity (Wildman–Crippen MR) is 60.9 cm³/mol. The molecule has 7 nitrogen and oxygen atoms in total. The third-order valence-corrected chi connectivity index (χ3v) is 2.04. The smallest absolute Gasteiger partial charge is 0.318 e. The molecule has 0 fully saturated rings. The van der Waals surface area contributed by atoms with Gasteiger partial charge < -0.3 is 16.5 Å². The van der Waals surface area contributed by atoms with Gasteiger partial charge in [0.05, 0.1) is 12.0 Å². The predicted octanol–water partition coefficient (Wildman–Crippen LogP) is -0.502. The number of H-pyrrole nitrogens is 1. The summed E-state index contributed by atoms with van der Waals surface area (Å²) in [4.78, 5) is 21.6. The van der Waals surface area contributed by atoms with Crippen LogP contribution in [-0.4, -0.2) is 28.5 Å². The van der Waals surface area contributed by atoms with Gasteiger partial charge in [0.2, 0.25) is 0 Å². The van der Waals surface area contributed by atoms with E-state index in [1.807, 2.05) is 6.92 Å². The summed E-state index contributed by atoms with van der Waals surface area (Å²) >= 11 is 0. The zero-order valence-corrected chi connectivity index (χ0v) is 9.16. The zero-order chi connectivity index (χ0) is 12.0. The van der Waals surface area contributed by atoms with Gasteiger partial charge in [0.1, 0.15) is 0 Å². The van der Waals surface area contributed by atoms with Crippen LogP contribution in [0.3, 0.4) is 0 Å². The maximum Gasteiger partial charge on any atom is 0.318 e. The van der Waals surface area contributed by atoms with Crippen LogP contribution in [0.1, 0.15) is 18.3 Å². The number of hydrogen-bond acceptors (Lipinski definition) is 3. The summed E-state index contributed by atoms with van der Waals surface area (Å²) in [6.45, 7) is 2.51. The molecule has 7 heteroatoms. The average molecular weight is 224 g/mol. The monoisotopic (exact) mass is 224 g/mol. The van der Waals surface area contributed by atoms with Crippen molar-refractivity contribution in [2.24, 2.45) is 16.5 Å². The summed E-state index contributed by atoms with van der Waals surface area (Å²) in [6, 6.07) is -0.711. The Morgan fingerprint density at radius 3 is 3.00 bits per heavy atom. The molecule has 1 aromatic rings. The molecular formula is C9H16N6O. The van der Waals surface area contributed by atoms with Crippen molar-refractivity contribution in [3.8, 4) is 0 Å². The molecule has 0 atom stereocenters. The van der Waals surface area contributed by atoms with E-state index in [4.69, 9.17) is 11.5 Å². The van der Waals surface area contributed by atoms with Crippen LogP contribution in [0.2, 0.25) is 0 Å². The fraction of sp³-hybridized carbons (Fsp3) is 0.444. The van der Waals surface area contributed by atoms with Crippen molar-refractivity contribution in [1.82, 2.24) is 15.3 Å². The van der Waals surface area contributed by atoms with Crippen LogP contribution in [0, 0.1) is 0 Å². The van der Waals surface area contributed by atoms with Crippen molar-refractivity contribution in [2.75, 3.05) is 6.54 Å². The van der Waals surface area contributed by atoms with Gasteiger partial charge in [-0.1, -0.05) is 6.92 Å². The molecule has 0 aliphatic rings. The number of carbonyl (C=O) groups is 1. The minimum Gasteiger partial charge on any atom is -0.370 e. The molecule has 1 aromatic heterocycles. The number of guanidine groups is 1. The van der Waals surface area contributed by atoms with Gasteiger partial charge in [-0.3, -0.25) is 10.3 Å². The Labute approximate surface area is 93.3 Å². The second-order valence-electron chi connectivity index (χ2n) is 3.19. The normalized spacial score (nSPS) is 11.4. The van der Waals surface area contributed by atoms with Gasteiger partial charge in [-0.2, -0.15) is 0 Å². The number of aryl methyl sites for hydroxylation is 1. The lowest BCUT2D eigenvalue weighted by Gasteiger charge is -2.01. The summed E-state index contributed by atoms with van der Waals surface area (Å²) in [5.41, 5.74) is 12.3. The van der Waals surface area contributed by atoms with E-state index in [2.05, 4.69) is 20.3 Å². The van der Waals surface area contributed by atoms with Crippen LogP contribution >= 0.6 is 0 Å². The number of nitrogens with zero attached hydrogens (tertiary/aromatic N) is 2. The number of urea groups is 1. The second kappa shape index (κ2) is 5.74. The number of imidazole rings is 1. The highest BCUT2D eigenvalue weighted by Gasteiger charge is 2.02.